The lowest BCUT2D eigenvalue weighted by Crippen LogP contribution is -2.28. The molecule has 1 aromatic carbocycles. The molecule has 1 atom stereocenters. The first-order chi connectivity index (χ1) is 12.0. The smallest absolute Gasteiger partial charge is 0.259 e. The molecule has 7 heteroatoms. The fraction of sp³-hybridized carbons (Fsp3) is 0.500. The average Bonchev–Trinajstić information content (AvgIpc) is 3.22. The number of carbonyl (C=O) groups excluding carboxylic acids is 1. The van der Waals surface area contributed by atoms with Crippen molar-refractivity contribution in [1.29, 1.82) is 0 Å². The van der Waals surface area contributed by atoms with Crippen LogP contribution in [-0.2, 0) is 11.3 Å². The lowest BCUT2D eigenvalue weighted by molar-refractivity contribution is -0.130. The molecule has 1 aliphatic rings. The molecule has 0 bridgehead atoms. The summed E-state index contributed by atoms with van der Waals surface area (Å²) in [5, 5.41) is 3.88. The van der Waals surface area contributed by atoms with Gasteiger partial charge in [-0.2, -0.15) is 4.98 Å². The highest BCUT2D eigenvalue weighted by Gasteiger charge is 2.28. The van der Waals surface area contributed by atoms with E-state index < -0.39 is 0 Å². The van der Waals surface area contributed by atoms with Crippen LogP contribution in [0.15, 0.2) is 28.8 Å². The quantitative estimate of drug-likeness (QED) is 0.796. The van der Waals surface area contributed by atoms with Crippen molar-refractivity contribution in [2.75, 3.05) is 33.8 Å². The van der Waals surface area contributed by atoms with Gasteiger partial charge in [0.2, 0.25) is 5.89 Å². The third kappa shape index (κ3) is 4.36. The van der Waals surface area contributed by atoms with E-state index in [9.17, 15) is 4.79 Å². The molecule has 134 valence electrons. The van der Waals surface area contributed by atoms with E-state index in [2.05, 4.69) is 15.0 Å². The van der Waals surface area contributed by atoms with Crippen LogP contribution in [0.2, 0.25) is 0 Å². The number of aryl methyl sites for hydroxylation is 1. The molecule has 0 N–H and O–H groups in total. The van der Waals surface area contributed by atoms with E-state index in [1.807, 2.05) is 31.2 Å². The molecule has 0 saturated carbocycles. The summed E-state index contributed by atoms with van der Waals surface area (Å²) in [4.78, 5) is 20.0. The van der Waals surface area contributed by atoms with E-state index in [-0.39, 0.29) is 18.4 Å². The van der Waals surface area contributed by atoms with Crippen molar-refractivity contribution >= 4 is 5.91 Å². The molecule has 1 aliphatic heterocycles. The number of para-hydroxylation sites is 1. The number of nitrogens with zero attached hydrogens (tertiary/aromatic N) is 4. The van der Waals surface area contributed by atoms with Gasteiger partial charge in [-0.3, -0.25) is 9.69 Å². The van der Waals surface area contributed by atoms with Gasteiger partial charge >= 0.3 is 0 Å². The molecule has 1 fully saturated rings. The lowest BCUT2D eigenvalue weighted by Gasteiger charge is -2.18. The second-order valence-electron chi connectivity index (χ2n) is 6.59. The van der Waals surface area contributed by atoms with Gasteiger partial charge in [-0.15, -0.1) is 0 Å². The number of rotatable bonds is 6. The topological polar surface area (TPSA) is 71.7 Å². The Morgan fingerprint density at radius 3 is 2.92 bits per heavy atom. The summed E-state index contributed by atoms with van der Waals surface area (Å²) >= 11 is 0. The maximum absolute atomic E-state index is 11.7. The van der Waals surface area contributed by atoms with E-state index in [4.69, 9.17) is 9.26 Å². The van der Waals surface area contributed by atoms with Crippen molar-refractivity contribution < 1.29 is 14.1 Å². The molecule has 1 saturated heterocycles. The van der Waals surface area contributed by atoms with Crippen molar-refractivity contribution in [1.82, 2.24) is 19.9 Å². The van der Waals surface area contributed by atoms with Crippen molar-refractivity contribution in [3.63, 3.8) is 0 Å². The maximum Gasteiger partial charge on any atom is 0.259 e. The number of aromatic nitrogens is 2. The molecule has 1 aromatic heterocycles. The van der Waals surface area contributed by atoms with Crippen LogP contribution >= 0.6 is 0 Å². The van der Waals surface area contributed by atoms with Crippen LogP contribution < -0.4 is 4.74 Å². The molecule has 1 unspecified atom stereocenters. The maximum atomic E-state index is 11.7. The monoisotopic (exact) mass is 344 g/mol. The van der Waals surface area contributed by atoms with Gasteiger partial charge in [-0.1, -0.05) is 23.4 Å². The van der Waals surface area contributed by atoms with Crippen LogP contribution in [0, 0.1) is 6.92 Å². The van der Waals surface area contributed by atoms with Crippen LogP contribution in [0.25, 0.3) is 0 Å². The van der Waals surface area contributed by atoms with Crippen LogP contribution in [0.5, 0.6) is 5.75 Å². The Hall–Kier alpha value is -2.41. The fourth-order valence-corrected chi connectivity index (χ4v) is 2.94. The first kappa shape index (κ1) is 17.4. The molecule has 3 rings (SSSR count). The number of carbonyl (C=O) groups is 1. The predicted molar refractivity (Wildman–Crippen MR) is 92.3 cm³/mol. The van der Waals surface area contributed by atoms with Crippen molar-refractivity contribution in [2.45, 2.75) is 25.8 Å². The van der Waals surface area contributed by atoms with Crippen LogP contribution in [0.4, 0.5) is 0 Å². The number of hydrogen-bond acceptors (Lipinski definition) is 6. The zero-order valence-electron chi connectivity index (χ0n) is 14.9. The Balaban J connectivity index is 1.60. The van der Waals surface area contributed by atoms with Crippen molar-refractivity contribution in [3.8, 4) is 5.75 Å². The van der Waals surface area contributed by atoms with E-state index in [1.54, 1.807) is 14.1 Å². The van der Waals surface area contributed by atoms with Crippen LogP contribution in [0.3, 0.4) is 0 Å². The molecule has 0 radical (unpaired) electrons. The van der Waals surface area contributed by atoms with Gasteiger partial charge in [0, 0.05) is 32.7 Å². The minimum absolute atomic E-state index is 0.0495. The first-order valence-corrected chi connectivity index (χ1v) is 8.46. The van der Waals surface area contributed by atoms with Crippen LogP contribution in [0.1, 0.15) is 29.6 Å². The average molecular weight is 344 g/mol. The molecular weight excluding hydrogens is 320 g/mol. The lowest BCUT2D eigenvalue weighted by atomic mass is 10.1. The minimum atomic E-state index is -0.0530. The Morgan fingerprint density at radius 2 is 2.20 bits per heavy atom. The minimum Gasteiger partial charge on any atom is -0.483 e. The second-order valence-corrected chi connectivity index (χ2v) is 6.59. The SMILES string of the molecule is Cc1noc(C2CCN(Cc3ccccc3OCC(=O)N(C)C)C2)n1. The predicted octanol–water partition coefficient (Wildman–Crippen LogP) is 1.83. The standard InChI is InChI=1S/C18H24N4O3/c1-13-19-18(25-20-13)15-8-9-22(11-15)10-14-6-4-5-7-16(14)24-12-17(23)21(2)3/h4-7,15H,8-12H2,1-3H3. The molecule has 0 aliphatic carbocycles. The third-order valence-electron chi connectivity index (χ3n) is 4.38. The third-order valence-corrected chi connectivity index (χ3v) is 4.38. The summed E-state index contributed by atoms with van der Waals surface area (Å²) in [5.74, 6) is 2.39. The first-order valence-electron chi connectivity index (χ1n) is 8.46. The molecule has 7 nitrogen and oxygen atoms in total. The molecule has 1 amide bonds. The Bertz CT molecular complexity index is 729. The van der Waals surface area contributed by atoms with Gasteiger partial charge < -0.3 is 14.2 Å². The van der Waals surface area contributed by atoms with E-state index >= 15 is 0 Å². The van der Waals surface area contributed by atoms with Gasteiger partial charge in [-0.25, -0.2) is 0 Å². The molecule has 25 heavy (non-hydrogen) atoms. The van der Waals surface area contributed by atoms with Gasteiger partial charge in [0.05, 0.1) is 5.92 Å². The number of hydrogen-bond donors (Lipinski definition) is 0. The molecule has 0 spiro atoms. The normalized spacial score (nSPS) is 17.6. The Kier molecular flexibility index (Phi) is 5.33. The van der Waals surface area contributed by atoms with Crippen molar-refractivity contribution in [2.24, 2.45) is 0 Å². The highest BCUT2D eigenvalue weighted by molar-refractivity contribution is 5.77. The summed E-state index contributed by atoms with van der Waals surface area (Å²) in [7, 11) is 3.45. The highest BCUT2D eigenvalue weighted by Crippen LogP contribution is 2.29. The number of likely N-dealkylation sites (tertiary alicyclic amines) is 1. The summed E-state index contributed by atoms with van der Waals surface area (Å²) in [6, 6.07) is 7.87. The fourth-order valence-electron chi connectivity index (χ4n) is 2.94. The van der Waals surface area contributed by atoms with Gasteiger partial charge in [0.25, 0.3) is 5.91 Å². The number of benzene rings is 1. The van der Waals surface area contributed by atoms with E-state index in [0.29, 0.717) is 5.82 Å². The molecule has 2 aromatic rings. The summed E-state index contributed by atoms with van der Waals surface area (Å²) in [5.41, 5.74) is 1.08. The Labute approximate surface area is 147 Å². The van der Waals surface area contributed by atoms with Gasteiger partial charge in [-0.05, 0) is 26.0 Å². The second kappa shape index (κ2) is 7.65. The number of ether oxygens (including phenoxy) is 1. The Morgan fingerprint density at radius 1 is 1.40 bits per heavy atom. The highest BCUT2D eigenvalue weighted by atomic mass is 16.5. The van der Waals surface area contributed by atoms with Gasteiger partial charge in [0.1, 0.15) is 5.75 Å². The summed E-state index contributed by atoms with van der Waals surface area (Å²) in [6.45, 7) is 4.51. The summed E-state index contributed by atoms with van der Waals surface area (Å²) < 4.78 is 11.0. The van der Waals surface area contributed by atoms with Crippen LogP contribution in [-0.4, -0.2) is 59.6 Å². The van der Waals surface area contributed by atoms with E-state index in [0.717, 1.165) is 43.3 Å². The number of amides is 1. The summed E-state index contributed by atoms with van der Waals surface area (Å²) in [6.07, 6.45) is 1.00. The van der Waals surface area contributed by atoms with Gasteiger partial charge in [0.15, 0.2) is 12.4 Å². The molecule has 2 heterocycles. The number of likely N-dealkylation sites (N-methyl/N-ethyl adjacent to an activating group) is 1. The van der Waals surface area contributed by atoms with E-state index in [1.165, 1.54) is 4.90 Å². The largest absolute Gasteiger partial charge is 0.483 e. The zero-order valence-corrected chi connectivity index (χ0v) is 14.9. The zero-order chi connectivity index (χ0) is 17.8. The van der Waals surface area contributed by atoms with Crippen molar-refractivity contribution in [3.05, 3.63) is 41.5 Å². The molecular formula is C18H24N4O3.